The van der Waals surface area contributed by atoms with E-state index >= 15 is 0 Å². The number of aromatic nitrogens is 3. The van der Waals surface area contributed by atoms with Crippen LogP contribution in [0.15, 0.2) is 59.3 Å². The number of amides is 1. The predicted molar refractivity (Wildman–Crippen MR) is 101 cm³/mol. The van der Waals surface area contributed by atoms with Crippen LogP contribution in [0, 0.1) is 5.92 Å². The molecule has 0 saturated heterocycles. The zero-order valence-electron chi connectivity index (χ0n) is 14.4. The minimum Gasteiger partial charge on any atom is -0.349 e. The third-order valence-electron chi connectivity index (χ3n) is 3.99. The van der Waals surface area contributed by atoms with Crippen LogP contribution in [-0.2, 0) is 4.79 Å². The molecule has 6 heteroatoms. The van der Waals surface area contributed by atoms with E-state index in [1.807, 2.05) is 30.3 Å². The molecule has 0 bridgehead atoms. The Morgan fingerprint density at radius 3 is 2.84 bits per heavy atom. The number of rotatable bonds is 6. The molecule has 3 rings (SSSR count). The van der Waals surface area contributed by atoms with E-state index in [9.17, 15) is 4.79 Å². The summed E-state index contributed by atoms with van der Waals surface area (Å²) < 4.78 is 0. The van der Waals surface area contributed by atoms with Crippen LogP contribution < -0.4 is 5.32 Å². The van der Waals surface area contributed by atoms with E-state index in [2.05, 4.69) is 52.6 Å². The molecule has 1 amide bonds. The minimum atomic E-state index is -0.00731. The van der Waals surface area contributed by atoms with Gasteiger partial charge in [0.15, 0.2) is 5.82 Å². The highest BCUT2D eigenvalue weighted by Gasteiger charge is 2.14. The van der Waals surface area contributed by atoms with Gasteiger partial charge in [-0.1, -0.05) is 74.2 Å². The maximum absolute atomic E-state index is 12.1. The molecule has 1 atom stereocenters. The number of nitrogens with zero attached hydrogens (tertiary/aromatic N) is 2. The second-order valence-corrected chi connectivity index (χ2v) is 7.19. The van der Waals surface area contributed by atoms with Crippen molar-refractivity contribution in [3.63, 3.8) is 0 Å². The van der Waals surface area contributed by atoms with Crippen molar-refractivity contribution in [2.75, 3.05) is 5.75 Å². The van der Waals surface area contributed by atoms with Crippen molar-refractivity contribution in [2.24, 2.45) is 5.92 Å². The summed E-state index contributed by atoms with van der Waals surface area (Å²) in [5, 5.41) is 10.7. The molecule has 1 aromatic carbocycles. The third-order valence-corrected chi connectivity index (χ3v) is 4.83. The Morgan fingerprint density at radius 2 is 2.16 bits per heavy atom. The van der Waals surface area contributed by atoms with Crippen LogP contribution in [0.5, 0.6) is 0 Å². The fraction of sp³-hybridized carbons (Fsp3) is 0.316. The average molecular weight is 354 g/mol. The Balaban J connectivity index is 1.47. The lowest BCUT2D eigenvalue weighted by Crippen LogP contribution is -2.35. The molecule has 25 heavy (non-hydrogen) atoms. The number of thioether (sulfide) groups is 1. The molecule has 2 N–H and O–H groups in total. The van der Waals surface area contributed by atoms with Gasteiger partial charge in [0.2, 0.25) is 11.1 Å². The van der Waals surface area contributed by atoms with Gasteiger partial charge in [-0.05, 0) is 17.9 Å². The molecule has 0 spiro atoms. The van der Waals surface area contributed by atoms with Crippen molar-refractivity contribution in [3.8, 4) is 11.4 Å². The molecule has 5 nitrogen and oxygen atoms in total. The number of nitrogens with one attached hydrogen (secondary N) is 2. The van der Waals surface area contributed by atoms with Gasteiger partial charge < -0.3 is 5.32 Å². The van der Waals surface area contributed by atoms with Gasteiger partial charge >= 0.3 is 0 Å². The number of aromatic amines is 1. The Labute approximate surface area is 152 Å². The van der Waals surface area contributed by atoms with Crippen molar-refractivity contribution in [3.05, 3.63) is 54.1 Å². The number of carbonyl (C=O) groups is 1. The van der Waals surface area contributed by atoms with E-state index in [4.69, 9.17) is 0 Å². The monoisotopic (exact) mass is 354 g/mol. The van der Waals surface area contributed by atoms with Gasteiger partial charge in [-0.2, -0.15) is 0 Å². The fourth-order valence-corrected chi connectivity index (χ4v) is 3.20. The SMILES string of the molecule is CC(C)C1=CCC(NC(=O)CSc2n[nH]c(-c3ccccc3)n2)C=C1. The van der Waals surface area contributed by atoms with Gasteiger partial charge in [-0.15, -0.1) is 5.10 Å². The summed E-state index contributed by atoms with van der Waals surface area (Å²) in [5.74, 6) is 1.53. The molecule has 1 aliphatic carbocycles. The van der Waals surface area contributed by atoms with Gasteiger partial charge in [-0.25, -0.2) is 4.98 Å². The molecule has 1 heterocycles. The molecule has 0 saturated carbocycles. The van der Waals surface area contributed by atoms with Crippen LogP contribution in [0.4, 0.5) is 0 Å². The largest absolute Gasteiger partial charge is 0.349 e. The lowest BCUT2D eigenvalue weighted by atomic mass is 9.95. The standard InChI is InChI=1S/C19H22N4OS/c1-13(2)14-8-10-16(11-9-14)20-17(24)12-25-19-21-18(22-23-19)15-6-4-3-5-7-15/h3-10,13,16H,11-12H2,1-2H3,(H,20,24)(H,21,22,23). The Morgan fingerprint density at radius 1 is 1.36 bits per heavy atom. The minimum absolute atomic E-state index is 0.00731. The number of H-pyrrole nitrogens is 1. The smallest absolute Gasteiger partial charge is 0.230 e. The molecule has 0 fully saturated rings. The summed E-state index contributed by atoms with van der Waals surface area (Å²) in [6, 6.07) is 9.87. The summed E-state index contributed by atoms with van der Waals surface area (Å²) in [5.41, 5.74) is 2.31. The molecular formula is C19H22N4OS. The summed E-state index contributed by atoms with van der Waals surface area (Å²) in [6.45, 7) is 4.35. The Hall–Kier alpha value is -2.34. The number of hydrogen-bond acceptors (Lipinski definition) is 4. The predicted octanol–water partition coefficient (Wildman–Crippen LogP) is 3.59. The number of allylic oxidation sites excluding steroid dienone is 2. The van der Waals surface area contributed by atoms with E-state index in [1.54, 1.807) is 0 Å². The zero-order valence-corrected chi connectivity index (χ0v) is 15.2. The van der Waals surface area contributed by atoms with Crippen LogP contribution in [0.25, 0.3) is 11.4 Å². The molecule has 130 valence electrons. The van der Waals surface area contributed by atoms with Crippen molar-refractivity contribution < 1.29 is 4.79 Å². The van der Waals surface area contributed by atoms with Crippen LogP contribution >= 0.6 is 11.8 Å². The van der Waals surface area contributed by atoms with Crippen LogP contribution in [0.1, 0.15) is 20.3 Å². The summed E-state index contributed by atoms with van der Waals surface area (Å²) in [7, 11) is 0. The third kappa shape index (κ3) is 4.82. The lowest BCUT2D eigenvalue weighted by Gasteiger charge is -2.19. The highest BCUT2D eigenvalue weighted by molar-refractivity contribution is 7.99. The maximum atomic E-state index is 12.1. The van der Waals surface area contributed by atoms with Gasteiger partial charge in [0, 0.05) is 5.56 Å². The van der Waals surface area contributed by atoms with E-state index in [0.717, 1.165) is 12.0 Å². The molecule has 1 unspecified atom stereocenters. The highest BCUT2D eigenvalue weighted by Crippen LogP contribution is 2.20. The van der Waals surface area contributed by atoms with E-state index in [-0.39, 0.29) is 11.9 Å². The second-order valence-electron chi connectivity index (χ2n) is 6.25. The van der Waals surface area contributed by atoms with Gasteiger partial charge in [0.25, 0.3) is 0 Å². The molecular weight excluding hydrogens is 332 g/mol. The van der Waals surface area contributed by atoms with Gasteiger partial charge in [-0.3, -0.25) is 9.89 Å². The molecule has 0 aliphatic heterocycles. The van der Waals surface area contributed by atoms with Crippen molar-refractivity contribution in [2.45, 2.75) is 31.5 Å². The number of hydrogen-bond donors (Lipinski definition) is 2. The maximum Gasteiger partial charge on any atom is 0.230 e. The Bertz CT molecular complexity index is 780. The topological polar surface area (TPSA) is 70.7 Å². The van der Waals surface area contributed by atoms with Gasteiger partial charge in [0.05, 0.1) is 11.8 Å². The van der Waals surface area contributed by atoms with Crippen LogP contribution in [0.3, 0.4) is 0 Å². The summed E-state index contributed by atoms with van der Waals surface area (Å²) >= 11 is 1.33. The normalized spacial score (nSPS) is 16.8. The Kier molecular flexibility index (Phi) is 5.71. The van der Waals surface area contributed by atoms with E-state index in [0.29, 0.717) is 22.7 Å². The molecule has 1 aromatic heterocycles. The van der Waals surface area contributed by atoms with Gasteiger partial charge in [0.1, 0.15) is 0 Å². The summed E-state index contributed by atoms with van der Waals surface area (Å²) in [6.07, 6.45) is 7.22. The summed E-state index contributed by atoms with van der Waals surface area (Å²) in [4.78, 5) is 16.5. The van der Waals surface area contributed by atoms with E-state index < -0.39 is 0 Å². The van der Waals surface area contributed by atoms with Crippen LogP contribution in [-0.4, -0.2) is 32.9 Å². The van der Waals surface area contributed by atoms with Crippen molar-refractivity contribution in [1.29, 1.82) is 0 Å². The lowest BCUT2D eigenvalue weighted by molar-refractivity contribution is -0.118. The molecule has 1 aliphatic rings. The number of benzene rings is 1. The quantitative estimate of drug-likeness (QED) is 0.778. The number of carbonyl (C=O) groups excluding carboxylic acids is 1. The molecule has 0 radical (unpaired) electrons. The average Bonchev–Trinajstić information content (AvgIpc) is 3.10. The van der Waals surface area contributed by atoms with E-state index in [1.165, 1.54) is 17.3 Å². The fourth-order valence-electron chi connectivity index (χ4n) is 2.59. The van der Waals surface area contributed by atoms with Crippen molar-refractivity contribution >= 4 is 17.7 Å². The first kappa shape index (κ1) is 17.5. The zero-order chi connectivity index (χ0) is 17.6. The first-order chi connectivity index (χ1) is 12.1. The van der Waals surface area contributed by atoms with Crippen LogP contribution in [0.2, 0.25) is 0 Å². The highest BCUT2D eigenvalue weighted by atomic mass is 32.2. The first-order valence-corrected chi connectivity index (χ1v) is 9.38. The van der Waals surface area contributed by atoms with Crippen molar-refractivity contribution in [1.82, 2.24) is 20.5 Å². The first-order valence-electron chi connectivity index (χ1n) is 8.40. The molecule has 2 aromatic rings. The second kappa shape index (κ2) is 8.16.